The zero-order valence-electron chi connectivity index (χ0n) is 21.5. The highest BCUT2D eigenvalue weighted by atomic mass is 35.5. The van der Waals surface area contributed by atoms with E-state index in [4.69, 9.17) is 32.7 Å². The average molecular weight is 488 g/mol. The second kappa shape index (κ2) is 16.9. The normalized spacial score (nSPS) is 13.6. The lowest BCUT2D eigenvalue weighted by Crippen LogP contribution is -2.08. The maximum Gasteiger partial charge on any atom is 0.124 e. The molecule has 0 aliphatic carbocycles. The van der Waals surface area contributed by atoms with Gasteiger partial charge in [-0.2, -0.15) is 0 Å². The molecule has 0 saturated carbocycles. The number of hydrogen-bond acceptors (Lipinski definition) is 2. The van der Waals surface area contributed by atoms with Crippen LogP contribution in [0.25, 0.3) is 0 Å². The first-order valence-electron chi connectivity index (χ1n) is 12.8. The topological polar surface area (TPSA) is 18.5 Å². The Morgan fingerprint density at radius 3 is 1.28 bits per heavy atom. The van der Waals surface area contributed by atoms with Gasteiger partial charge in [-0.25, -0.2) is 0 Å². The first kappa shape index (κ1) is 29.4. The maximum absolute atomic E-state index is 6.24. The third kappa shape index (κ3) is 12.6. The van der Waals surface area contributed by atoms with Gasteiger partial charge in [-0.3, -0.25) is 0 Å². The first-order chi connectivity index (χ1) is 15.3. The Kier molecular flexibility index (Phi) is 15.6. The minimum atomic E-state index is 0.407. The number of halogens is 2. The van der Waals surface area contributed by atoms with Crippen LogP contribution in [0.2, 0.25) is 0 Å². The number of hydrogen-bond donors (Lipinski definition) is 0. The van der Waals surface area contributed by atoms with Gasteiger partial charge in [0.1, 0.15) is 11.5 Å². The molecule has 1 aromatic rings. The van der Waals surface area contributed by atoms with Crippen LogP contribution < -0.4 is 9.47 Å². The highest BCUT2D eigenvalue weighted by Gasteiger charge is 2.13. The zero-order chi connectivity index (χ0) is 23.9. The van der Waals surface area contributed by atoms with Crippen LogP contribution in [0.3, 0.4) is 0 Å². The van der Waals surface area contributed by atoms with Crippen molar-refractivity contribution in [1.82, 2.24) is 0 Å². The smallest absolute Gasteiger partial charge is 0.124 e. The van der Waals surface area contributed by atoms with Gasteiger partial charge in [-0.05, 0) is 48.6 Å². The molecule has 0 unspecified atom stereocenters. The van der Waals surface area contributed by atoms with E-state index in [1.54, 1.807) is 0 Å². The lowest BCUT2D eigenvalue weighted by atomic mass is 9.97. The molecule has 0 fully saturated rings. The summed E-state index contributed by atoms with van der Waals surface area (Å²) in [5, 5.41) is 0. The lowest BCUT2D eigenvalue weighted by molar-refractivity contribution is 0.266. The zero-order valence-corrected chi connectivity index (χ0v) is 23.0. The largest absolute Gasteiger partial charge is 0.493 e. The van der Waals surface area contributed by atoms with Crippen molar-refractivity contribution in [2.45, 2.75) is 105 Å². The third-order valence-corrected chi connectivity index (χ3v) is 6.80. The molecule has 0 saturated heterocycles. The van der Waals surface area contributed by atoms with Gasteiger partial charge >= 0.3 is 0 Å². The van der Waals surface area contributed by atoms with E-state index in [1.807, 2.05) is 12.1 Å². The predicted octanol–water partition coefficient (Wildman–Crippen LogP) is 9.63. The van der Waals surface area contributed by atoms with Crippen LogP contribution in [0.1, 0.15) is 104 Å². The fraction of sp³-hybridized carbons (Fsp3) is 0.786. The Hall–Kier alpha value is -0.600. The summed E-state index contributed by atoms with van der Waals surface area (Å²) in [6.45, 7) is 15.2. The van der Waals surface area contributed by atoms with Gasteiger partial charge in [0, 0.05) is 11.1 Å². The van der Waals surface area contributed by atoms with Crippen molar-refractivity contribution < 1.29 is 9.47 Å². The van der Waals surface area contributed by atoms with Gasteiger partial charge in [0.2, 0.25) is 0 Å². The van der Waals surface area contributed by atoms with Gasteiger partial charge < -0.3 is 9.47 Å². The van der Waals surface area contributed by atoms with Crippen LogP contribution in [-0.2, 0) is 11.8 Å². The molecule has 0 N–H and O–H groups in total. The molecule has 4 heteroatoms. The number of benzene rings is 1. The number of alkyl halides is 2. The average Bonchev–Trinajstić information content (AvgIpc) is 2.73. The highest BCUT2D eigenvalue weighted by molar-refractivity contribution is 6.18. The fourth-order valence-corrected chi connectivity index (χ4v) is 4.32. The van der Waals surface area contributed by atoms with Crippen LogP contribution in [0, 0.1) is 23.7 Å². The molecule has 0 spiro atoms. The Bertz CT molecular complexity index is 562. The molecule has 0 radical (unpaired) electrons. The third-order valence-electron chi connectivity index (χ3n) is 6.22. The van der Waals surface area contributed by atoms with E-state index in [0.717, 1.165) is 47.3 Å². The molecule has 0 amide bonds. The van der Waals surface area contributed by atoms with Crippen molar-refractivity contribution in [2.24, 2.45) is 23.7 Å². The minimum absolute atomic E-state index is 0.407. The van der Waals surface area contributed by atoms with Gasteiger partial charge in [-0.15, -0.1) is 23.2 Å². The van der Waals surface area contributed by atoms with Gasteiger partial charge in [0.05, 0.1) is 25.0 Å². The van der Waals surface area contributed by atoms with Crippen LogP contribution in [0.15, 0.2) is 12.1 Å². The van der Waals surface area contributed by atoms with Crippen LogP contribution >= 0.6 is 23.2 Å². The van der Waals surface area contributed by atoms with E-state index in [-0.39, 0.29) is 0 Å². The summed E-state index contributed by atoms with van der Waals surface area (Å²) in [5.41, 5.74) is 1.96. The molecule has 0 bridgehead atoms. The Balaban J connectivity index is 2.55. The standard InChI is InChI=1S/C28H48Cl2O2/c1-21(2)9-7-11-23(5)13-15-31-27-17-26(20-30)28(18-25(27)19-29)32-16-14-24(6)12-8-10-22(3)4/h17-18,21-24H,7-16,19-20H2,1-6H3/t23-,24-/m0/s1. The maximum atomic E-state index is 6.24. The van der Waals surface area contributed by atoms with E-state index in [9.17, 15) is 0 Å². The van der Waals surface area contributed by atoms with Crippen LogP contribution in [0.5, 0.6) is 11.5 Å². The molecule has 1 rings (SSSR count). The molecule has 0 heterocycles. The monoisotopic (exact) mass is 486 g/mol. The highest BCUT2D eigenvalue weighted by Crippen LogP contribution is 2.32. The van der Waals surface area contributed by atoms with E-state index in [1.165, 1.54) is 38.5 Å². The summed E-state index contributed by atoms with van der Waals surface area (Å²) in [7, 11) is 0. The molecule has 2 nitrogen and oxygen atoms in total. The molecule has 32 heavy (non-hydrogen) atoms. The second-order valence-corrected chi connectivity index (χ2v) is 11.0. The molecule has 1 aromatic carbocycles. The minimum Gasteiger partial charge on any atom is -0.493 e. The summed E-state index contributed by atoms with van der Waals surface area (Å²) in [5.74, 6) is 5.42. The predicted molar refractivity (Wildman–Crippen MR) is 141 cm³/mol. The Morgan fingerprint density at radius 1 is 0.594 bits per heavy atom. The summed E-state index contributed by atoms with van der Waals surface area (Å²) in [6.07, 6.45) is 9.85. The Labute approximate surface area is 208 Å². The molecule has 0 aliphatic rings. The van der Waals surface area contributed by atoms with Crippen molar-refractivity contribution in [3.63, 3.8) is 0 Å². The van der Waals surface area contributed by atoms with Crippen LogP contribution in [-0.4, -0.2) is 13.2 Å². The second-order valence-electron chi connectivity index (χ2n) is 10.5. The molecule has 0 aromatic heterocycles. The van der Waals surface area contributed by atoms with Crippen molar-refractivity contribution in [3.05, 3.63) is 23.3 Å². The fourth-order valence-electron chi connectivity index (χ4n) is 3.90. The van der Waals surface area contributed by atoms with Crippen molar-refractivity contribution in [3.8, 4) is 11.5 Å². The van der Waals surface area contributed by atoms with Crippen molar-refractivity contribution in [2.75, 3.05) is 13.2 Å². The van der Waals surface area contributed by atoms with Gasteiger partial charge in [0.15, 0.2) is 0 Å². The first-order valence-corrected chi connectivity index (χ1v) is 13.9. The molecule has 186 valence electrons. The van der Waals surface area contributed by atoms with Crippen LogP contribution in [0.4, 0.5) is 0 Å². The molecular weight excluding hydrogens is 439 g/mol. The van der Waals surface area contributed by atoms with Crippen molar-refractivity contribution >= 4 is 23.2 Å². The SMILES string of the molecule is CC(C)CCC[C@H](C)CCOc1cc(CCl)c(OCC[C@@H](C)CCCC(C)C)cc1CCl. The van der Waals surface area contributed by atoms with Gasteiger partial charge in [-0.1, -0.05) is 80.1 Å². The molecular formula is C28H48Cl2O2. The summed E-state index contributed by atoms with van der Waals surface area (Å²) in [4.78, 5) is 0. The van der Waals surface area contributed by atoms with E-state index in [0.29, 0.717) is 36.8 Å². The van der Waals surface area contributed by atoms with Crippen molar-refractivity contribution in [1.29, 1.82) is 0 Å². The van der Waals surface area contributed by atoms with E-state index in [2.05, 4.69) is 41.5 Å². The number of rotatable bonds is 18. The van der Waals surface area contributed by atoms with Gasteiger partial charge in [0.25, 0.3) is 0 Å². The summed E-state index contributed by atoms with van der Waals surface area (Å²) in [6, 6.07) is 4.05. The molecule has 0 aliphatic heterocycles. The summed E-state index contributed by atoms with van der Waals surface area (Å²) < 4.78 is 12.3. The number of ether oxygens (including phenoxy) is 2. The Morgan fingerprint density at radius 2 is 0.969 bits per heavy atom. The van der Waals surface area contributed by atoms with E-state index >= 15 is 0 Å². The molecule has 2 atom stereocenters. The lowest BCUT2D eigenvalue weighted by Gasteiger charge is -2.18. The van der Waals surface area contributed by atoms with E-state index < -0.39 is 0 Å². The quantitative estimate of drug-likeness (QED) is 0.192. The summed E-state index contributed by atoms with van der Waals surface area (Å²) >= 11 is 12.5.